The van der Waals surface area contributed by atoms with Crippen molar-refractivity contribution in [1.29, 1.82) is 0 Å². The summed E-state index contributed by atoms with van der Waals surface area (Å²) in [5.41, 5.74) is 1.19. The van der Waals surface area contributed by atoms with Crippen molar-refractivity contribution in [2.75, 3.05) is 20.5 Å². The molecule has 0 spiro atoms. The lowest BCUT2D eigenvalue weighted by molar-refractivity contribution is 0.0939. The van der Waals surface area contributed by atoms with E-state index in [1.165, 1.54) is 24.3 Å². The molecule has 0 saturated carbocycles. The maximum absolute atomic E-state index is 12.4. The van der Waals surface area contributed by atoms with Gasteiger partial charge in [0.15, 0.2) is 9.84 Å². The number of methoxy groups -OCH3 is 2. The van der Waals surface area contributed by atoms with Crippen molar-refractivity contribution in [3.05, 3.63) is 53.6 Å². The molecule has 134 valence electrons. The normalized spacial score (nSPS) is 12.3. The molecule has 2 aromatic rings. The lowest BCUT2D eigenvalue weighted by Crippen LogP contribution is -2.27. The summed E-state index contributed by atoms with van der Waals surface area (Å²) >= 11 is 0. The van der Waals surface area contributed by atoms with Gasteiger partial charge in [0.25, 0.3) is 5.91 Å². The highest BCUT2D eigenvalue weighted by atomic mass is 32.2. The summed E-state index contributed by atoms with van der Waals surface area (Å²) in [7, 11) is -0.165. The van der Waals surface area contributed by atoms with Crippen LogP contribution in [0.25, 0.3) is 0 Å². The summed E-state index contributed by atoms with van der Waals surface area (Å²) in [4.78, 5) is 12.6. The zero-order valence-electron chi connectivity index (χ0n) is 14.6. The van der Waals surface area contributed by atoms with Gasteiger partial charge < -0.3 is 14.8 Å². The minimum atomic E-state index is -3.29. The van der Waals surface area contributed by atoms with Gasteiger partial charge in [0.2, 0.25) is 0 Å². The molecule has 25 heavy (non-hydrogen) atoms. The van der Waals surface area contributed by atoms with Crippen LogP contribution in [-0.4, -0.2) is 34.8 Å². The molecule has 1 amide bonds. The summed E-state index contributed by atoms with van der Waals surface area (Å²) in [5, 5.41) is 2.87. The molecule has 2 aromatic carbocycles. The van der Waals surface area contributed by atoms with Crippen LogP contribution in [0, 0.1) is 0 Å². The summed E-state index contributed by atoms with van der Waals surface area (Å²) < 4.78 is 33.5. The third-order valence-electron chi connectivity index (χ3n) is 3.80. The lowest BCUT2D eigenvalue weighted by atomic mass is 10.1. The molecule has 1 unspecified atom stereocenters. The molecule has 0 radical (unpaired) electrons. The smallest absolute Gasteiger partial charge is 0.251 e. The highest BCUT2D eigenvalue weighted by Crippen LogP contribution is 2.29. The van der Waals surface area contributed by atoms with Crippen molar-refractivity contribution >= 4 is 15.7 Å². The Morgan fingerprint density at radius 2 is 1.68 bits per heavy atom. The number of rotatable bonds is 6. The number of sulfone groups is 1. The Kier molecular flexibility index (Phi) is 5.69. The van der Waals surface area contributed by atoms with E-state index in [9.17, 15) is 13.2 Å². The molecule has 0 aliphatic rings. The molecule has 2 rings (SSSR count). The van der Waals surface area contributed by atoms with Crippen molar-refractivity contribution in [2.45, 2.75) is 17.9 Å². The molecule has 0 heterocycles. The summed E-state index contributed by atoms with van der Waals surface area (Å²) in [6.07, 6.45) is 1.13. The maximum atomic E-state index is 12.4. The maximum Gasteiger partial charge on any atom is 0.251 e. The number of hydrogen-bond donors (Lipinski definition) is 1. The molecular formula is C18H21NO5S. The molecule has 1 atom stereocenters. The Hall–Kier alpha value is -2.54. The highest BCUT2D eigenvalue weighted by Gasteiger charge is 2.16. The number of carbonyl (C=O) groups excluding carboxylic acids is 1. The predicted molar refractivity (Wildman–Crippen MR) is 95.0 cm³/mol. The number of hydrogen-bond acceptors (Lipinski definition) is 5. The minimum absolute atomic E-state index is 0.175. The first-order chi connectivity index (χ1) is 11.8. The minimum Gasteiger partial charge on any atom is -0.497 e. The zero-order chi connectivity index (χ0) is 18.6. The van der Waals surface area contributed by atoms with Gasteiger partial charge in [-0.3, -0.25) is 4.79 Å². The number of ether oxygens (including phenoxy) is 2. The molecule has 0 aliphatic heterocycles. The average molecular weight is 363 g/mol. The van der Waals surface area contributed by atoms with E-state index in [2.05, 4.69) is 5.32 Å². The second-order valence-corrected chi connectivity index (χ2v) is 7.62. The topological polar surface area (TPSA) is 81.7 Å². The van der Waals surface area contributed by atoms with E-state index < -0.39 is 9.84 Å². The molecule has 1 N–H and O–H groups in total. The lowest BCUT2D eigenvalue weighted by Gasteiger charge is -2.18. The fourth-order valence-electron chi connectivity index (χ4n) is 2.39. The number of amides is 1. The molecule has 0 aromatic heterocycles. The van der Waals surface area contributed by atoms with E-state index in [1.54, 1.807) is 26.4 Å². The van der Waals surface area contributed by atoms with Crippen molar-refractivity contribution < 1.29 is 22.7 Å². The molecule has 7 heteroatoms. The van der Waals surface area contributed by atoms with Crippen LogP contribution in [0.2, 0.25) is 0 Å². The van der Waals surface area contributed by atoms with Crippen LogP contribution in [0.1, 0.15) is 28.9 Å². The van der Waals surface area contributed by atoms with Crippen LogP contribution < -0.4 is 14.8 Å². The van der Waals surface area contributed by atoms with E-state index >= 15 is 0 Å². The molecule has 0 saturated heterocycles. The third-order valence-corrected chi connectivity index (χ3v) is 4.93. The summed E-state index contributed by atoms with van der Waals surface area (Å²) in [6, 6.07) is 10.9. The number of benzene rings is 2. The largest absolute Gasteiger partial charge is 0.497 e. The monoisotopic (exact) mass is 363 g/mol. The van der Waals surface area contributed by atoms with Gasteiger partial charge in [-0.2, -0.15) is 0 Å². The van der Waals surface area contributed by atoms with Crippen LogP contribution in [-0.2, 0) is 9.84 Å². The van der Waals surface area contributed by atoms with Crippen LogP contribution in [0.4, 0.5) is 0 Å². The van der Waals surface area contributed by atoms with Gasteiger partial charge in [-0.15, -0.1) is 0 Å². The number of nitrogens with one attached hydrogen (secondary N) is 1. The first-order valence-corrected chi connectivity index (χ1v) is 9.48. The average Bonchev–Trinajstić information content (AvgIpc) is 2.60. The van der Waals surface area contributed by atoms with E-state index in [-0.39, 0.29) is 16.8 Å². The van der Waals surface area contributed by atoms with Crippen LogP contribution >= 0.6 is 0 Å². The molecule has 0 fully saturated rings. The summed E-state index contributed by atoms with van der Waals surface area (Å²) in [5.74, 6) is 0.973. The third kappa shape index (κ3) is 4.51. The van der Waals surface area contributed by atoms with E-state index in [0.29, 0.717) is 17.1 Å². The van der Waals surface area contributed by atoms with Crippen LogP contribution in [0.15, 0.2) is 47.4 Å². The van der Waals surface area contributed by atoms with Gasteiger partial charge in [0, 0.05) is 23.4 Å². The Morgan fingerprint density at radius 1 is 1.04 bits per heavy atom. The van der Waals surface area contributed by atoms with E-state index in [0.717, 1.165) is 11.8 Å². The zero-order valence-corrected chi connectivity index (χ0v) is 15.4. The second-order valence-electron chi connectivity index (χ2n) is 5.60. The van der Waals surface area contributed by atoms with Gasteiger partial charge >= 0.3 is 0 Å². The fraction of sp³-hybridized carbons (Fsp3) is 0.278. The van der Waals surface area contributed by atoms with E-state index in [4.69, 9.17) is 9.47 Å². The number of carbonyl (C=O) groups is 1. The molecule has 0 aliphatic carbocycles. The first-order valence-electron chi connectivity index (χ1n) is 7.59. The van der Waals surface area contributed by atoms with E-state index in [1.807, 2.05) is 13.0 Å². The molecule has 6 nitrogen and oxygen atoms in total. The Bertz CT molecular complexity index is 860. The van der Waals surface area contributed by atoms with Crippen LogP contribution in [0.3, 0.4) is 0 Å². The van der Waals surface area contributed by atoms with Gasteiger partial charge in [-0.25, -0.2) is 8.42 Å². The highest BCUT2D eigenvalue weighted by molar-refractivity contribution is 7.90. The van der Waals surface area contributed by atoms with Crippen molar-refractivity contribution in [2.24, 2.45) is 0 Å². The Labute approximate surface area is 147 Å². The molecule has 0 bridgehead atoms. The van der Waals surface area contributed by atoms with Gasteiger partial charge in [0.05, 0.1) is 25.2 Å². The fourth-order valence-corrected chi connectivity index (χ4v) is 3.02. The van der Waals surface area contributed by atoms with Crippen molar-refractivity contribution in [3.63, 3.8) is 0 Å². The first kappa shape index (κ1) is 18.8. The quantitative estimate of drug-likeness (QED) is 0.853. The van der Waals surface area contributed by atoms with Gasteiger partial charge in [-0.05, 0) is 43.3 Å². The van der Waals surface area contributed by atoms with Crippen molar-refractivity contribution in [1.82, 2.24) is 5.32 Å². The standard InChI is InChI=1S/C18H21NO5S/c1-12(16-10-7-14(23-2)11-17(16)24-3)19-18(20)13-5-8-15(9-6-13)25(4,21)22/h5-12H,1-4H3,(H,19,20). The van der Waals surface area contributed by atoms with Gasteiger partial charge in [0.1, 0.15) is 11.5 Å². The van der Waals surface area contributed by atoms with Gasteiger partial charge in [-0.1, -0.05) is 0 Å². The van der Waals surface area contributed by atoms with Crippen LogP contribution in [0.5, 0.6) is 11.5 Å². The Morgan fingerprint density at radius 3 is 2.20 bits per heavy atom. The Balaban J connectivity index is 2.17. The van der Waals surface area contributed by atoms with Crippen molar-refractivity contribution in [3.8, 4) is 11.5 Å². The summed E-state index contributed by atoms with van der Waals surface area (Å²) in [6.45, 7) is 1.84. The molecular weight excluding hydrogens is 342 g/mol. The second kappa shape index (κ2) is 7.57. The SMILES string of the molecule is COc1ccc(C(C)NC(=O)c2ccc(S(C)(=O)=O)cc2)c(OC)c1. The predicted octanol–water partition coefficient (Wildman–Crippen LogP) is 2.60.